The zero-order chi connectivity index (χ0) is 18.2. The molecule has 1 aromatic rings. The third-order valence-corrected chi connectivity index (χ3v) is 4.99. The highest BCUT2D eigenvalue weighted by atomic mass is 35.5. The first kappa shape index (κ1) is 18.1. The number of amides is 2. The van der Waals surface area contributed by atoms with Crippen molar-refractivity contribution in [2.75, 3.05) is 5.32 Å². The fraction of sp³-hybridized carbons (Fsp3) is 0.400. The number of hydrogen-bond donors (Lipinski definition) is 2. The second kappa shape index (κ2) is 6.87. The number of anilines is 1. The van der Waals surface area contributed by atoms with Crippen LogP contribution in [0.4, 0.5) is 18.9 Å². The van der Waals surface area contributed by atoms with Crippen LogP contribution in [-0.4, -0.2) is 28.3 Å². The molecule has 25 heavy (non-hydrogen) atoms. The molecule has 1 aromatic carbocycles. The van der Waals surface area contributed by atoms with Gasteiger partial charge < -0.3 is 10.6 Å². The van der Waals surface area contributed by atoms with Crippen LogP contribution in [0.3, 0.4) is 0 Å². The average Bonchev–Trinajstić information content (AvgIpc) is 3.24. The highest BCUT2D eigenvalue weighted by Crippen LogP contribution is 2.34. The molecule has 1 saturated carbocycles. The van der Waals surface area contributed by atoms with E-state index in [0.29, 0.717) is 5.17 Å². The topological polar surface area (TPSA) is 70.6 Å². The second-order valence-corrected chi connectivity index (χ2v) is 7.30. The van der Waals surface area contributed by atoms with Crippen molar-refractivity contribution >= 4 is 46.0 Å². The van der Waals surface area contributed by atoms with Gasteiger partial charge in [0.05, 0.1) is 22.3 Å². The molecule has 0 radical (unpaired) electrons. The molecule has 1 atom stereocenters. The van der Waals surface area contributed by atoms with E-state index in [1.165, 1.54) is 0 Å². The van der Waals surface area contributed by atoms with Gasteiger partial charge in [0.15, 0.2) is 5.17 Å². The highest BCUT2D eigenvalue weighted by Gasteiger charge is 2.34. The summed E-state index contributed by atoms with van der Waals surface area (Å²) in [4.78, 5) is 28.2. The molecular formula is C15H13ClF3N3O2S. The zero-order valence-corrected chi connectivity index (χ0v) is 14.3. The number of rotatable bonds is 4. The maximum Gasteiger partial charge on any atom is 0.416 e. The highest BCUT2D eigenvalue weighted by molar-refractivity contribution is 8.15. The van der Waals surface area contributed by atoms with Crippen LogP contribution in [0, 0.1) is 0 Å². The number of nitrogens with one attached hydrogen (secondary N) is 2. The van der Waals surface area contributed by atoms with Crippen LogP contribution in [0.2, 0.25) is 5.02 Å². The predicted molar refractivity (Wildman–Crippen MR) is 89.7 cm³/mol. The van der Waals surface area contributed by atoms with Crippen LogP contribution in [0.1, 0.15) is 24.8 Å². The molecule has 2 N–H and O–H groups in total. The van der Waals surface area contributed by atoms with Crippen molar-refractivity contribution in [2.45, 2.75) is 36.7 Å². The van der Waals surface area contributed by atoms with E-state index in [-0.39, 0.29) is 29.1 Å². The molecule has 0 spiro atoms. The van der Waals surface area contributed by atoms with Crippen molar-refractivity contribution in [3.63, 3.8) is 0 Å². The van der Waals surface area contributed by atoms with Crippen LogP contribution >= 0.6 is 23.4 Å². The summed E-state index contributed by atoms with van der Waals surface area (Å²) in [5.41, 5.74) is -1.06. The van der Waals surface area contributed by atoms with E-state index < -0.39 is 22.9 Å². The molecule has 1 heterocycles. The first-order valence-electron chi connectivity index (χ1n) is 7.44. The molecule has 10 heteroatoms. The number of benzene rings is 1. The Kier molecular flexibility index (Phi) is 4.97. The summed E-state index contributed by atoms with van der Waals surface area (Å²) in [5.74, 6) is -0.934. The van der Waals surface area contributed by atoms with E-state index in [1.54, 1.807) is 0 Å². The van der Waals surface area contributed by atoms with Gasteiger partial charge in [-0.1, -0.05) is 23.4 Å². The molecule has 5 nitrogen and oxygen atoms in total. The van der Waals surface area contributed by atoms with Crippen molar-refractivity contribution < 1.29 is 22.8 Å². The Morgan fingerprint density at radius 2 is 2.12 bits per heavy atom. The van der Waals surface area contributed by atoms with Gasteiger partial charge in [-0.05, 0) is 31.0 Å². The molecule has 2 amide bonds. The number of aliphatic imine (C=N–C) groups is 1. The fourth-order valence-electron chi connectivity index (χ4n) is 2.14. The van der Waals surface area contributed by atoms with Gasteiger partial charge >= 0.3 is 6.18 Å². The first-order valence-corrected chi connectivity index (χ1v) is 8.70. The molecule has 1 aliphatic carbocycles. The summed E-state index contributed by atoms with van der Waals surface area (Å²) >= 11 is 6.99. The first-order chi connectivity index (χ1) is 11.7. The number of hydrogen-bond acceptors (Lipinski definition) is 4. The van der Waals surface area contributed by atoms with E-state index in [9.17, 15) is 22.8 Å². The van der Waals surface area contributed by atoms with E-state index in [2.05, 4.69) is 15.6 Å². The Morgan fingerprint density at radius 3 is 2.76 bits per heavy atom. The Hall–Kier alpha value is -1.74. The minimum Gasteiger partial charge on any atom is -0.325 e. The van der Waals surface area contributed by atoms with Crippen molar-refractivity contribution in [3.05, 3.63) is 28.8 Å². The van der Waals surface area contributed by atoms with E-state index in [4.69, 9.17) is 11.6 Å². The van der Waals surface area contributed by atoms with Gasteiger partial charge in [0, 0.05) is 6.42 Å². The van der Waals surface area contributed by atoms with Crippen LogP contribution in [0.5, 0.6) is 0 Å². The van der Waals surface area contributed by atoms with Crippen molar-refractivity contribution in [1.82, 2.24) is 5.32 Å². The largest absolute Gasteiger partial charge is 0.416 e. The van der Waals surface area contributed by atoms with Gasteiger partial charge in [0.25, 0.3) is 0 Å². The van der Waals surface area contributed by atoms with Gasteiger partial charge in [-0.3, -0.25) is 14.6 Å². The number of halogens is 4. The molecule has 1 saturated heterocycles. The third kappa shape index (κ3) is 4.66. The summed E-state index contributed by atoms with van der Waals surface area (Å²) in [6, 6.07) is 2.90. The lowest BCUT2D eigenvalue weighted by molar-refractivity contribution is -0.137. The standard InChI is InChI=1S/C15H13ClF3N3O2S/c16-9-4-1-7(15(17,18)19)5-10(9)21-12(23)6-11-13(24)22-14(25-11)20-8-2-3-8/h1,4-5,8,11H,2-3,6H2,(H,21,23)(H,20,22,24)/t11-/m1/s1. The van der Waals surface area contributed by atoms with Crippen LogP contribution in [-0.2, 0) is 15.8 Å². The normalized spacial score (nSPS) is 22.2. The Bertz CT molecular complexity index is 750. The third-order valence-electron chi connectivity index (χ3n) is 3.56. The summed E-state index contributed by atoms with van der Waals surface area (Å²) in [7, 11) is 0. The van der Waals surface area contributed by atoms with Gasteiger partial charge in [-0.25, -0.2) is 0 Å². The molecule has 3 rings (SSSR count). The van der Waals surface area contributed by atoms with Crippen molar-refractivity contribution in [2.24, 2.45) is 4.99 Å². The lowest BCUT2D eigenvalue weighted by Crippen LogP contribution is -2.28. The van der Waals surface area contributed by atoms with Gasteiger partial charge in [0.1, 0.15) is 5.25 Å². The molecule has 2 fully saturated rings. The second-order valence-electron chi connectivity index (χ2n) is 5.71. The molecule has 134 valence electrons. The van der Waals surface area contributed by atoms with E-state index in [1.807, 2.05) is 0 Å². The molecule has 0 bridgehead atoms. The van der Waals surface area contributed by atoms with Crippen LogP contribution in [0.15, 0.2) is 23.2 Å². The van der Waals surface area contributed by atoms with Crippen molar-refractivity contribution in [3.8, 4) is 0 Å². The lowest BCUT2D eigenvalue weighted by atomic mass is 10.2. The van der Waals surface area contributed by atoms with Crippen LogP contribution < -0.4 is 10.6 Å². The SMILES string of the molecule is O=C(C[C@H]1SC(=NC2CC2)NC1=O)Nc1cc(C(F)(F)F)ccc1Cl. The fourth-order valence-corrected chi connectivity index (χ4v) is 3.34. The number of carbonyl (C=O) groups excluding carboxylic acids is 2. The average molecular weight is 392 g/mol. The number of carbonyl (C=O) groups is 2. The number of amidine groups is 1. The lowest BCUT2D eigenvalue weighted by Gasteiger charge is -2.12. The number of alkyl halides is 3. The minimum absolute atomic E-state index is 0.0131. The maximum absolute atomic E-state index is 12.7. The Labute approximate surface area is 150 Å². The molecule has 2 aliphatic rings. The molecule has 0 unspecified atom stereocenters. The summed E-state index contributed by atoms with van der Waals surface area (Å²) in [6.45, 7) is 0. The van der Waals surface area contributed by atoms with Gasteiger partial charge in [0.2, 0.25) is 11.8 Å². The summed E-state index contributed by atoms with van der Waals surface area (Å²) in [6.07, 6.45) is -2.76. The summed E-state index contributed by atoms with van der Waals surface area (Å²) < 4.78 is 38.2. The number of thioether (sulfide) groups is 1. The van der Waals surface area contributed by atoms with E-state index in [0.717, 1.165) is 42.8 Å². The minimum atomic E-state index is -4.54. The predicted octanol–water partition coefficient (Wildman–Crippen LogP) is 3.44. The quantitative estimate of drug-likeness (QED) is 0.826. The van der Waals surface area contributed by atoms with Gasteiger partial charge in [-0.15, -0.1) is 0 Å². The molecule has 1 aliphatic heterocycles. The maximum atomic E-state index is 12.7. The summed E-state index contributed by atoms with van der Waals surface area (Å²) in [5, 5.41) is 4.75. The molecular weight excluding hydrogens is 379 g/mol. The Morgan fingerprint density at radius 1 is 1.40 bits per heavy atom. The van der Waals surface area contributed by atoms with E-state index >= 15 is 0 Å². The smallest absolute Gasteiger partial charge is 0.325 e. The monoisotopic (exact) mass is 391 g/mol. The van der Waals surface area contributed by atoms with Gasteiger partial charge in [-0.2, -0.15) is 13.2 Å². The Balaban J connectivity index is 1.64. The zero-order valence-electron chi connectivity index (χ0n) is 12.7. The van der Waals surface area contributed by atoms with Crippen molar-refractivity contribution in [1.29, 1.82) is 0 Å². The molecule has 0 aromatic heterocycles. The number of nitrogens with zero attached hydrogens (tertiary/aromatic N) is 1. The van der Waals surface area contributed by atoms with Crippen LogP contribution in [0.25, 0.3) is 0 Å².